The summed E-state index contributed by atoms with van der Waals surface area (Å²) >= 11 is 0. The largest absolute Gasteiger partial charge is 0.306 e. The molecular formula is C16H32O2Si. The van der Waals surface area contributed by atoms with E-state index in [0.29, 0.717) is 12.8 Å². The number of rotatable bonds is 14. The average molecular weight is 285 g/mol. The minimum Gasteiger partial charge on any atom is -0.306 e. The maximum Gasteiger partial charge on any atom is 0.178 e. The Labute approximate surface area is 121 Å². The smallest absolute Gasteiger partial charge is 0.178 e. The van der Waals surface area contributed by atoms with Crippen molar-refractivity contribution < 1.29 is 9.59 Å². The van der Waals surface area contributed by atoms with E-state index in [0.717, 1.165) is 25.7 Å². The summed E-state index contributed by atoms with van der Waals surface area (Å²) in [5.41, 5.74) is 0. The molecule has 0 heterocycles. The molecule has 0 atom stereocenters. The third-order valence-electron chi connectivity index (χ3n) is 3.51. The lowest BCUT2D eigenvalue weighted by atomic mass is 10.1. The number of hydrogen-bond donors (Lipinski definition) is 0. The Balaban J connectivity index is 3.40. The first-order valence-corrected chi connectivity index (χ1v) is 9.65. The van der Waals surface area contributed by atoms with Crippen LogP contribution in [0.25, 0.3) is 0 Å². The molecule has 0 saturated heterocycles. The second-order valence-corrected chi connectivity index (χ2v) is 7.51. The van der Waals surface area contributed by atoms with Crippen LogP contribution in [-0.2, 0) is 9.59 Å². The molecule has 0 rings (SSSR count). The van der Waals surface area contributed by atoms with Crippen LogP contribution in [0.4, 0.5) is 0 Å². The van der Waals surface area contributed by atoms with Crippen LogP contribution in [0, 0.1) is 0 Å². The molecule has 112 valence electrons. The molecule has 0 aromatic heterocycles. The van der Waals surface area contributed by atoms with Gasteiger partial charge in [0.05, 0.1) is 0 Å². The molecule has 2 nitrogen and oxygen atoms in total. The molecular weight excluding hydrogens is 252 g/mol. The molecule has 0 aliphatic rings. The van der Waals surface area contributed by atoms with Crippen LogP contribution in [0.1, 0.15) is 90.9 Å². The van der Waals surface area contributed by atoms with Crippen LogP contribution >= 0.6 is 0 Å². The SMILES string of the molecule is CCCCCCCC(=O)[SiH2]C(=O)CCCCCCC. The third kappa shape index (κ3) is 13.8. The summed E-state index contributed by atoms with van der Waals surface area (Å²) in [7, 11) is -1.10. The molecule has 0 N–H and O–H groups in total. The number of carbonyl (C=O) groups excluding carboxylic acids is 2. The summed E-state index contributed by atoms with van der Waals surface area (Å²) in [4.78, 5) is 23.3. The molecule has 0 bridgehead atoms. The quantitative estimate of drug-likeness (QED) is 0.358. The lowest BCUT2D eigenvalue weighted by Crippen LogP contribution is -2.19. The molecule has 0 saturated carbocycles. The second-order valence-electron chi connectivity index (χ2n) is 5.58. The van der Waals surface area contributed by atoms with Crippen molar-refractivity contribution in [2.75, 3.05) is 0 Å². The Morgan fingerprint density at radius 1 is 0.632 bits per heavy atom. The summed E-state index contributed by atoms with van der Waals surface area (Å²) in [6.07, 6.45) is 13.1. The molecule has 0 amide bonds. The van der Waals surface area contributed by atoms with Gasteiger partial charge in [0.2, 0.25) is 0 Å². The van der Waals surface area contributed by atoms with E-state index < -0.39 is 9.52 Å². The number of carbonyl (C=O) groups is 2. The van der Waals surface area contributed by atoms with Crippen molar-refractivity contribution in [3.63, 3.8) is 0 Å². The monoisotopic (exact) mass is 284 g/mol. The van der Waals surface area contributed by atoms with Gasteiger partial charge in [0, 0.05) is 12.8 Å². The van der Waals surface area contributed by atoms with Crippen LogP contribution in [-0.4, -0.2) is 20.3 Å². The highest BCUT2D eigenvalue weighted by Crippen LogP contribution is 2.07. The van der Waals surface area contributed by atoms with Crippen molar-refractivity contribution >= 4 is 20.3 Å². The molecule has 0 spiro atoms. The zero-order chi connectivity index (χ0) is 14.3. The molecule has 0 radical (unpaired) electrons. The van der Waals surface area contributed by atoms with Crippen molar-refractivity contribution in [2.24, 2.45) is 0 Å². The topological polar surface area (TPSA) is 34.1 Å². The Morgan fingerprint density at radius 3 is 1.37 bits per heavy atom. The van der Waals surface area contributed by atoms with Crippen LogP contribution in [0.5, 0.6) is 0 Å². The van der Waals surface area contributed by atoms with Crippen LogP contribution in [0.2, 0.25) is 0 Å². The van der Waals surface area contributed by atoms with Gasteiger partial charge in [0.15, 0.2) is 9.52 Å². The van der Waals surface area contributed by atoms with Crippen molar-refractivity contribution in [3.05, 3.63) is 0 Å². The summed E-state index contributed by atoms with van der Waals surface area (Å²) in [6, 6.07) is 0. The van der Waals surface area contributed by atoms with Gasteiger partial charge in [-0.2, -0.15) is 0 Å². The van der Waals surface area contributed by atoms with Gasteiger partial charge in [-0.3, -0.25) is 0 Å². The molecule has 0 aromatic rings. The normalized spacial score (nSPS) is 10.6. The fraction of sp³-hybridized carbons (Fsp3) is 0.875. The molecule has 0 aliphatic heterocycles. The van der Waals surface area contributed by atoms with Gasteiger partial charge in [-0.05, 0) is 12.8 Å². The van der Waals surface area contributed by atoms with Crippen molar-refractivity contribution in [2.45, 2.75) is 90.9 Å². The van der Waals surface area contributed by atoms with Gasteiger partial charge >= 0.3 is 0 Å². The Kier molecular flexibility index (Phi) is 13.7. The summed E-state index contributed by atoms with van der Waals surface area (Å²) in [5, 5.41) is 0.574. The number of unbranched alkanes of at least 4 members (excludes halogenated alkanes) is 8. The summed E-state index contributed by atoms with van der Waals surface area (Å²) in [5.74, 6) is 0. The minimum absolute atomic E-state index is 0.287. The summed E-state index contributed by atoms with van der Waals surface area (Å²) in [6.45, 7) is 4.38. The van der Waals surface area contributed by atoms with E-state index >= 15 is 0 Å². The highest BCUT2D eigenvalue weighted by atomic mass is 28.2. The predicted molar refractivity (Wildman–Crippen MR) is 85.3 cm³/mol. The van der Waals surface area contributed by atoms with Crippen molar-refractivity contribution in [1.82, 2.24) is 0 Å². The fourth-order valence-corrected chi connectivity index (χ4v) is 3.54. The first kappa shape index (κ1) is 18.6. The molecule has 0 unspecified atom stereocenters. The predicted octanol–water partition coefficient (Wildman–Crippen LogP) is 3.93. The van der Waals surface area contributed by atoms with Gasteiger partial charge in [0.1, 0.15) is 10.8 Å². The zero-order valence-electron chi connectivity index (χ0n) is 13.0. The summed E-state index contributed by atoms with van der Waals surface area (Å²) < 4.78 is 0. The van der Waals surface area contributed by atoms with E-state index in [2.05, 4.69) is 13.8 Å². The molecule has 19 heavy (non-hydrogen) atoms. The van der Waals surface area contributed by atoms with E-state index in [-0.39, 0.29) is 10.8 Å². The standard InChI is InChI=1S/C16H32O2Si/c1-3-5-7-9-11-13-15(17)19-16(18)14-12-10-8-6-4-2/h3-14,19H2,1-2H3. The third-order valence-corrected chi connectivity index (χ3v) is 5.01. The lowest BCUT2D eigenvalue weighted by Gasteiger charge is -2.01. The van der Waals surface area contributed by atoms with Gasteiger partial charge in [-0.25, -0.2) is 0 Å². The Bertz CT molecular complexity index is 215. The van der Waals surface area contributed by atoms with E-state index in [4.69, 9.17) is 0 Å². The molecule has 3 heteroatoms. The molecule has 0 aliphatic carbocycles. The molecule has 0 aromatic carbocycles. The fourth-order valence-electron chi connectivity index (χ4n) is 2.25. The Hall–Kier alpha value is -0.443. The highest BCUT2D eigenvalue weighted by Gasteiger charge is 2.09. The van der Waals surface area contributed by atoms with Gasteiger partial charge in [-0.15, -0.1) is 0 Å². The maximum absolute atomic E-state index is 11.7. The van der Waals surface area contributed by atoms with E-state index in [1.165, 1.54) is 38.5 Å². The van der Waals surface area contributed by atoms with Crippen LogP contribution in [0.15, 0.2) is 0 Å². The van der Waals surface area contributed by atoms with Gasteiger partial charge in [0.25, 0.3) is 0 Å². The van der Waals surface area contributed by atoms with E-state index in [1.807, 2.05) is 0 Å². The van der Waals surface area contributed by atoms with E-state index in [1.54, 1.807) is 0 Å². The second kappa shape index (κ2) is 14.0. The van der Waals surface area contributed by atoms with E-state index in [9.17, 15) is 9.59 Å². The van der Waals surface area contributed by atoms with Gasteiger partial charge < -0.3 is 9.59 Å². The Morgan fingerprint density at radius 2 is 1.00 bits per heavy atom. The zero-order valence-corrected chi connectivity index (χ0v) is 14.4. The van der Waals surface area contributed by atoms with Gasteiger partial charge in [-0.1, -0.05) is 65.2 Å². The minimum atomic E-state index is -1.10. The maximum atomic E-state index is 11.7. The lowest BCUT2D eigenvalue weighted by molar-refractivity contribution is -0.115. The first-order chi connectivity index (χ1) is 9.20. The van der Waals surface area contributed by atoms with Crippen molar-refractivity contribution in [1.29, 1.82) is 0 Å². The van der Waals surface area contributed by atoms with Crippen LogP contribution in [0.3, 0.4) is 0 Å². The first-order valence-electron chi connectivity index (χ1n) is 8.24. The molecule has 0 fully saturated rings. The number of hydrogen-bond acceptors (Lipinski definition) is 2. The van der Waals surface area contributed by atoms with Crippen molar-refractivity contribution in [3.8, 4) is 0 Å². The highest BCUT2D eigenvalue weighted by molar-refractivity contribution is 6.97. The van der Waals surface area contributed by atoms with Crippen LogP contribution < -0.4 is 0 Å². The average Bonchev–Trinajstić information content (AvgIpc) is 2.38.